The molecule has 1 amide bonds. The molecule has 0 radical (unpaired) electrons. The minimum Gasteiger partial charge on any atom is -0.493 e. The Morgan fingerprint density at radius 3 is 2.85 bits per heavy atom. The van der Waals surface area contributed by atoms with Crippen LogP contribution >= 0.6 is 0 Å². The molecule has 0 fully saturated rings. The number of ether oxygens (including phenoxy) is 2. The van der Waals surface area contributed by atoms with Crippen molar-refractivity contribution in [1.29, 1.82) is 0 Å². The van der Waals surface area contributed by atoms with Crippen molar-refractivity contribution in [3.05, 3.63) is 42.2 Å². The predicted octanol–water partition coefficient (Wildman–Crippen LogP) is 2.16. The van der Waals surface area contributed by atoms with Gasteiger partial charge in [0.05, 0.1) is 26.0 Å². The van der Waals surface area contributed by atoms with Gasteiger partial charge in [0.25, 0.3) is 5.91 Å². The predicted molar refractivity (Wildman–Crippen MR) is 98.7 cm³/mol. The number of carbonyl (C=O) groups excluding carboxylic acids is 1. The van der Waals surface area contributed by atoms with Gasteiger partial charge in [-0.25, -0.2) is 9.97 Å². The molecule has 0 unspecified atom stereocenters. The van der Waals surface area contributed by atoms with Gasteiger partial charge in [0.1, 0.15) is 11.4 Å². The highest BCUT2D eigenvalue weighted by Gasteiger charge is 2.20. The molecule has 1 aliphatic rings. The third kappa shape index (κ3) is 3.21. The molecule has 1 aliphatic heterocycles. The number of benzene rings is 1. The number of carbonyl (C=O) groups is 1. The van der Waals surface area contributed by atoms with E-state index in [1.54, 1.807) is 30.1 Å². The lowest BCUT2D eigenvalue weighted by molar-refractivity contribution is 0.0924. The van der Waals surface area contributed by atoms with Crippen LogP contribution in [0.25, 0.3) is 22.8 Å². The van der Waals surface area contributed by atoms with Crippen LogP contribution in [0.4, 0.5) is 0 Å². The number of amides is 1. The lowest BCUT2D eigenvalue weighted by Gasteiger charge is -2.13. The molecular formula is C19H19N5O3. The van der Waals surface area contributed by atoms with E-state index < -0.39 is 0 Å². The molecule has 0 bridgehead atoms. The number of rotatable bonds is 5. The Morgan fingerprint density at radius 1 is 1.19 bits per heavy atom. The zero-order chi connectivity index (χ0) is 18.8. The summed E-state index contributed by atoms with van der Waals surface area (Å²) in [6, 6.07) is 9.10. The number of fused-ring (bicyclic) bond motifs is 1. The van der Waals surface area contributed by atoms with E-state index in [1.165, 1.54) is 0 Å². The Labute approximate surface area is 156 Å². The van der Waals surface area contributed by atoms with Crippen LogP contribution in [-0.4, -0.2) is 45.9 Å². The molecule has 8 heteroatoms. The highest BCUT2D eigenvalue weighted by atomic mass is 16.5. The van der Waals surface area contributed by atoms with Crippen LogP contribution < -0.4 is 14.8 Å². The van der Waals surface area contributed by atoms with Gasteiger partial charge in [-0.15, -0.1) is 0 Å². The van der Waals surface area contributed by atoms with Crippen molar-refractivity contribution in [3.63, 3.8) is 0 Å². The molecule has 3 aromatic rings. The van der Waals surface area contributed by atoms with Crippen LogP contribution in [0.15, 0.2) is 36.5 Å². The van der Waals surface area contributed by atoms with Crippen molar-refractivity contribution < 1.29 is 14.3 Å². The van der Waals surface area contributed by atoms with Gasteiger partial charge >= 0.3 is 0 Å². The molecule has 0 saturated carbocycles. The zero-order valence-electron chi connectivity index (χ0n) is 15.1. The average molecular weight is 365 g/mol. The standard InChI is InChI=1S/C19H19N5O3/c1-3-27-16-5-4-12(10-17(16)26-2)18-20-7-6-13(22-18)14-11-15-19(25)21-8-9-24(15)23-14/h4-7,10-11H,3,8-9H2,1-2H3,(H,21,25). The Hall–Kier alpha value is -3.42. The van der Waals surface area contributed by atoms with Gasteiger partial charge in [0, 0.05) is 18.3 Å². The number of nitrogens with one attached hydrogen (secondary N) is 1. The fourth-order valence-corrected chi connectivity index (χ4v) is 2.98. The molecule has 0 atom stereocenters. The summed E-state index contributed by atoms with van der Waals surface area (Å²) in [5, 5.41) is 7.31. The van der Waals surface area contributed by atoms with Crippen molar-refractivity contribution in [2.24, 2.45) is 0 Å². The fraction of sp³-hybridized carbons (Fsp3) is 0.263. The SMILES string of the molecule is CCOc1ccc(-c2nccc(-c3cc4n(n3)CCNC4=O)n2)cc1OC. The molecule has 1 aromatic carbocycles. The zero-order valence-corrected chi connectivity index (χ0v) is 15.1. The van der Waals surface area contributed by atoms with E-state index in [2.05, 4.69) is 20.4 Å². The maximum atomic E-state index is 11.9. The maximum absolute atomic E-state index is 11.9. The molecule has 2 aromatic heterocycles. The summed E-state index contributed by atoms with van der Waals surface area (Å²) in [6.45, 7) is 3.70. The summed E-state index contributed by atoms with van der Waals surface area (Å²) in [5.41, 5.74) is 2.64. The Balaban J connectivity index is 1.70. The van der Waals surface area contributed by atoms with E-state index in [0.717, 1.165) is 5.56 Å². The first kappa shape index (κ1) is 17.0. The first-order chi connectivity index (χ1) is 13.2. The molecule has 27 heavy (non-hydrogen) atoms. The minimum absolute atomic E-state index is 0.120. The minimum atomic E-state index is -0.120. The summed E-state index contributed by atoms with van der Waals surface area (Å²) in [4.78, 5) is 20.9. The van der Waals surface area contributed by atoms with E-state index in [9.17, 15) is 4.79 Å². The number of hydrogen-bond acceptors (Lipinski definition) is 6. The van der Waals surface area contributed by atoms with Crippen molar-refractivity contribution in [1.82, 2.24) is 25.1 Å². The van der Waals surface area contributed by atoms with E-state index in [-0.39, 0.29) is 5.91 Å². The van der Waals surface area contributed by atoms with Crippen LogP contribution in [-0.2, 0) is 6.54 Å². The van der Waals surface area contributed by atoms with Gasteiger partial charge < -0.3 is 14.8 Å². The van der Waals surface area contributed by atoms with E-state index in [4.69, 9.17) is 9.47 Å². The highest BCUT2D eigenvalue weighted by molar-refractivity contribution is 5.94. The summed E-state index contributed by atoms with van der Waals surface area (Å²) in [5.74, 6) is 1.72. The van der Waals surface area contributed by atoms with Crippen LogP contribution in [0.2, 0.25) is 0 Å². The van der Waals surface area contributed by atoms with Gasteiger partial charge in [-0.2, -0.15) is 5.10 Å². The van der Waals surface area contributed by atoms with E-state index >= 15 is 0 Å². The molecule has 4 rings (SSSR count). The second kappa shape index (κ2) is 7.06. The number of nitrogens with zero attached hydrogens (tertiary/aromatic N) is 4. The summed E-state index contributed by atoms with van der Waals surface area (Å²) in [7, 11) is 1.60. The van der Waals surface area contributed by atoms with Crippen LogP contribution in [0, 0.1) is 0 Å². The smallest absolute Gasteiger partial charge is 0.269 e. The average Bonchev–Trinajstić information content (AvgIpc) is 3.14. The quantitative estimate of drug-likeness (QED) is 0.745. The van der Waals surface area contributed by atoms with Crippen molar-refractivity contribution in [2.75, 3.05) is 20.3 Å². The van der Waals surface area contributed by atoms with E-state index in [0.29, 0.717) is 54.1 Å². The van der Waals surface area contributed by atoms with Gasteiger partial charge in [-0.3, -0.25) is 9.48 Å². The fourth-order valence-electron chi connectivity index (χ4n) is 2.98. The lowest BCUT2D eigenvalue weighted by Crippen LogP contribution is -2.35. The molecule has 0 aliphatic carbocycles. The topological polar surface area (TPSA) is 91.2 Å². The van der Waals surface area contributed by atoms with Crippen molar-refractivity contribution in [3.8, 4) is 34.3 Å². The second-order valence-electron chi connectivity index (χ2n) is 5.96. The number of aromatic nitrogens is 4. The van der Waals surface area contributed by atoms with Crippen molar-refractivity contribution in [2.45, 2.75) is 13.5 Å². The molecule has 138 valence electrons. The summed E-state index contributed by atoms with van der Waals surface area (Å²) in [6.07, 6.45) is 1.68. The van der Waals surface area contributed by atoms with Gasteiger partial charge in [-0.1, -0.05) is 0 Å². The lowest BCUT2D eigenvalue weighted by atomic mass is 10.1. The van der Waals surface area contributed by atoms with Crippen LogP contribution in [0.5, 0.6) is 11.5 Å². The first-order valence-corrected chi connectivity index (χ1v) is 8.70. The third-order valence-electron chi connectivity index (χ3n) is 4.26. The molecule has 0 spiro atoms. The Kier molecular flexibility index (Phi) is 4.45. The van der Waals surface area contributed by atoms with Crippen LogP contribution in [0.1, 0.15) is 17.4 Å². The molecule has 8 nitrogen and oxygen atoms in total. The molecular weight excluding hydrogens is 346 g/mol. The second-order valence-corrected chi connectivity index (χ2v) is 5.96. The monoisotopic (exact) mass is 365 g/mol. The van der Waals surface area contributed by atoms with E-state index in [1.807, 2.05) is 25.1 Å². The first-order valence-electron chi connectivity index (χ1n) is 8.70. The normalized spacial score (nSPS) is 13.0. The maximum Gasteiger partial charge on any atom is 0.269 e. The summed E-state index contributed by atoms with van der Waals surface area (Å²) < 4.78 is 12.7. The van der Waals surface area contributed by atoms with Gasteiger partial charge in [-0.05, 0) is 37.3 Å². The Bertz CT molecular complexity index is 999. The number of methoxy groups -OCH3 is 1. The highest BCUT2D eigenvalue weighted by Crippen LogP contribution is 2.32. The molecule has 3 heterocycles. The molecule has 1 N–H and O–H groups in total. The van der Waals surface area contributed by atoms with Crippen molar-refractivity contribution >= 4 is 5.91 Å². The summed E-state index contributed by atoms with van der Waals surface area (Å²) >= 11 is 0. The third-order valence-corrected chi connectivity index (χ3v) is 4.26. The van der Waals surface area contributed by atoms with Crippen LogP contribution in [0.3, 0.4) is 0 Å². The van der Waals surface area contributed by atoms with Gasteiger partial charge in [0.2, 0.25) is 0 Å². The number of hydrogen-bond donors (Lipinski definition) is 1. The largest absolute Gasteiger partial charge is 0.493 e. The Morgan fingerprint density at radius 2 is 2.07 bits per heavy atom. The molecule has 0 saturated heterocycles. The van der Waals surface area contributed by atoms with Gasteiger partial charge in [0.15, 0.2) is 17.3 Å².